The molecule has 0 bridgehead atoms. The van der Waals surface area contributed by atoms with Crippen LogP contribution in [0.15, 0.2) is 47.0 Å². The second kappa shape index (κ2) is 11.3. The van der Waals surface area contributed by atoms with Crippen LogP contribution in [0.5, 0.6) is 0 Å². The molecule has 2 aliphatic heterocycles. The second-order valence-corrected chi connectivity index (χ2v) is 11.1. The van der Waals surface area contributed by atoms with Gasteiger partial charge in [0.2, 0.25) is 5.95 Å². The molecule has 0 spiro atoms. The van der Waals surface area contributed by atoms with E-state index in [-0.39, 0.29) is 6.04 Å². The van der Waals surface area contributed by atoms with Crippen LogP contribution >= 0.6 is 0 Å². The van der Waals surface area contributed by atoms with Crippen molar-refractivity contribution in [2.45, 2.75) is 39.0 Å². The first kappa shape index (κ1) is 26.8. The van der Waals surface area contributed by atoms with Crippen molar-refractivity contribution >= 4 is 39.6 Å². The molecule has 7 rings (SSSR count). The summed E-state index contributed by atoms with van der Waals surface area (Å²) in [5.41, 5.74) is 7.08. The van der Waals surface area contributed by atoms with E-state index in [9.17, 15) is 5.11 Å². The number of benzene rings is 2. The van der Waals surface area contributed by atoms with Gasteiger partial charge in [-0.1, -0.05) is 18.2 Å². The van der Waals surface area contributed by atoms with Gasteiger partial charge in [-0.3, -0.25) is 4.90 Å². The summed E-state index contributed by atoms with van der Waals surface area (Å²) in [6.07, 6.45) is 3.17. The van der Waals surface area contributed by atoms with Gasteiger partial charge < -0.3 is 35.2 Å². The van der Waals surface area contributed by atoms with Crippen molar-refractivity contribution in [3.8, 4) is 11.1 Å². The Morgan fingerprint density at radius 3 is 2.67 bits per heavy atom. The monoisotopic (exact) mass is 568 g/mol. The van der Waals surface area contributed by atoms with Crippen LogP contribution in [0.25, 0.3) is 33.3 Å². The minimum atomic E-state index is -0.625. The summed E-state index contributed by atoms with van der Waals surface area (Å²) < 4.78 is 11.4. The van der Waals surface area contributed by atoms with E-state index in [1.54, 1.807) is 0 Å². The summed E-state index contributed by atoms with van der Waals surface area (Å²) >= 11 is 0. The fraction of sp³-hybridized carbons (Fsp3) is 0.387. The maximum Gasteiger partial charge on any atom is 0.231 e. The van der Waals surface area contributed by atoms with E-state index in [1.165, 1.54) is 0 Å². The Kier molecular flexibility index (Phi) is 7.24. The van der Waals surface area contributed by atoms with Gasteiger partial charge in [-0.2, -0.15) is 9.97 Å². The van der Waals surface area contributed by atoms with Crippen LogP contribution in [0.2, 0.25) is 0 Å². The lowest BCUT2D eigenvalue weighted by molar-refractivity contribution is -0.00547. The number of ether oxygens (including phenoxy) is 1. The number of piperazine rings is 1. The molecule has 2 fully saturated rings. The van der Waals surface area contributed by atoms with Gasteiger partial charge in [0, 0.05) is 69.8 Å². The average molecular weight is 569 g/mol. The fourth-order valence-electron chi connectivity index (χ4n) is 5.91. The van der Waals surface area contributed by atoms with Gasteiger partial charge in [0.25, 0.3) is 0 Å². The van der Waals surface area contributed by atoms with Gasteiger partial charge in [-0.25, -0.2) is 4.98 Å². The highest BCUT2D eigenvalue weighted by Gasteiger charge is 2.22. The molecule has 1 unspecified atom stereocenters. The van der Waals surface area contributed by atoms with Crippen molar-refractivity contribution in [1.82, 2.24) is 30.2 Å². The minimum absolute atomic E-state index is 0.249. The van der Waals surface area contributed by atoms with Crippen molar-refractivity contribution in [2.24, 2.45) is 0 Å². The number of fused-ring (bicyclic) bond motifs is 2. The van der Waals surface area contributed by atoms with Crippen LogP contribution in [0.3, 0.4) is 0 Å². The number of rotatable bonds is 7. The lowest BCUT2D eigenvalue weighted by Gasteiger charge is -2.32. The van der Waals surface area contributed by atoms with E-state index in [4.69, 9.17) is 19.1 Å². The average Bonchev–Trinajstić information content (AvgIpc) is 3.61. The normalized spacial score (nSPS) is 17.6. The molecule has 0 amide bonds. The zero-order chi connectivity index (χ0) is 28.6. The Balaban J connectivity index is 1.22. The number of oxazole rings is 1. The van der Waals surface area contributed by atoms with Crippen molar-refractivity contribution in [3.63, 3.8) is 0 Å². The molecule has 5 aromatic rings. The zero-order valence-electron chi connectivity index (χ0n) is 23.9. The highest BCUT2D eigenvalue weighted by Crippen LogP contribution is 2.36. The number of anilines is 3. The highest BCUT2D eigenvalue weighted by atomic mass is 16.5. The quantitative estimate of drug-likeness (QED) is 0.189. The van der Waals surface area contributed by atoms with Gasteiger partial charge in [0.15, 0.2) is 11.5 Å². The third kappa shape index (κ3) is 5.32. The van der Waals surface area contributed by atoms with E-state index in [0.29, 0.717) is 11.8 Å². The molecular weight excluding hydrogens is 532 g/mol. The molecule has 11 heteroatoms. The predicted molar refractivity (Wildman–Crippen MR) is 163 cm³/mol. The lowest BCUT2D eigenvalue weighted by Crippen LogP contribution is -2.45. The molecule has 11 nitrogen and oxygen atoms in total. The number of nitrogens with zero attached hydrogens (tertiary/aromatic N) is 4. The topological polar surface area (TPSA) is 136 Å². The van der Waals surface area contributed by atoms with Crippen molar-refractivity contribution in [2.75, 3.05) is 50.0 Å². The van der Waals surface area contributed by atoms with Crippen LogP contribution in [-0.2, 0) is 4.74 Å². The number of aromatic nitrogens is 4. The first-order chi connectivity index (χ1) is 20.5. The number of hydrogen-bond acceptors (Lipinski definition) is 10. The molecule has 1 atom stereocenters. The molecule has 2 aliphatic rings. The fourth-order valence-corrected chi connectivity index (χ4v) is 5.91. The molecule has 2 saturated heterocycles. The number of nitrogens with one attached hydrogen (secondary N) is 4. The number of aryl methyl sites for hydroxylation is 2. The van der Waals surface area contributed by atoms with E-state index in [1.807, 2.05) is 50.4 Å². The Hall–Kier alpha value is -4.03. The summed E-state index contributed by atoms with van der Waals surface area (Å²) in [4.78, 5) is 19.8. The standard InChI is InChI=1S/C31H36N8O3/c1-18-15-21(30(40)39-11-9-32-10-12-39)4-5-24(18)36-31-37-28-27(29(38-31)35-22-7-13-41-14-8-22)23(17-33-28)20-3-6-25-26(16-20)42-19(2)34-25/h3-6,15-17,22,30,32,40H,7-14H2,1-2H3,(H3,33,35,36,37,38). The molecule has 5 heterocycles. The molecule has 0 radical (unpaired) electrons. The largest absolute Gasteiger partial charge is 0.441 e. The highest BCUT2D eigenvalue weighted by molar-refractivity contribution is 6.02. The van der Waals surface area contributed by atoms with Crippen molar-refractivity contribution in [1.29, 1.82) is 0 Å². The number of hydrogen-bond donors (Lipinski definition) is 5. The zero-order valence-corrected chi connectivity index (χ0v) is 23.9. The maximum absolute atomic E-state index is 10.9. The lowest BCUT2D eigenvalue weighted by atomic mass is 10.0. The van der Waals surface area contributed by atoms with Crippen molar-refractivity contribution in [3.05, 3.63) is 59.6 Å². The summed E-state index contributed by atoms with van der Waals surface area (Å²) in [6.45, 7) is 8.75. The van der Waals surface area contributed by atoms with Crippen LogP contribution in [0.1, 0.15) is 36.1 Å². The number of H-pyrrole nitrogens is 1. The van der Waals surface area contributed by atoms with Crippen molar-refractivity contribution < 1.29 is 14.3 Å². The van der Waals surface area contributed by atoms with E-state index in [0.717, 1.165) is 108 Å². The van der Waals surface area contributed by atoms with Crippen LogP contribution in [0, 0.1) is 13.8 Å². The predicted octanol–water partition coefficient (Wildman–Crippen LogP) is 4.61. The molecule has 0 saturated carbocycles. The Morgan fingerprint density at radius 1 is 1.02 bits per heavy atom. The first-order valence-corrected chi connectivity index (χ1v) is 14.6. The number of aliphatic hydroxyl groups excluding tert-OH is 1. The summed E-state index contributed by atoms with van der Waals surface area (Å²) in [5.74, 6) is 1.90. The van der Waals surface area contributed by atoms with Crippen LogP contribution < -0.4 is 16.0 Å². The summed E-state index contributed by atoms with van der Waals surface area (Å²) in [7, 11) is 0. The Bertz CT molecular complexity index is 1720. The van der Waals surface area contributed by atoms with Gasteiger partial charge in [0.1, 0.15) is 23.2 Å². The smallest absolute Gasteiger partial charge is 0.231 e. The maximum atomic E-state index is 10.9. The Labute approximate surface area is 243 Å². The third-order valence-corrected chi connectivity index (χ3v) is 8.19. The SMILES string of the molecule is Cc1nc2ccc(-c3c[nH]c4nc(Nc5ccc(C(O)N6CCNCC6)cc5C)nc(NC5CCOCC5)c34)cc2o1. The minimum Gasteiger partial charge on any atom is -0.441 e. The molecule has 2 aromatic carbocycles. The van der Waals surface area contributed by atoms with Crippen LogP contribution in [-0.4, -0.2) is 75.4 Å². The molecule has 42 heavy (non-hydrogen) atoms. The molecule has 3 aromatic heterocycles. The number of aromatic amines is 1. The second-order valence-electron chi connectivity index (χ2n) is 11.1. The van der Waals surface area contributed by atoms with E-state index >= 15 is 0 Å². The van der Waals surface area contributed by atoms with E-state index < -0.39 is 6.23 Å². The molecule has 5 N–H and O–H groups in total. The molecule has 218 valence electrons. The third-order valence-electron chi connectivity index (χ3n) is 8.19. The van der Waals surface area contributed by atoms with Gasteiger partial charge in [0.05, 0.1) is 5.39 Å². The molecular formula is C31H36N8O3. The van der Waals surface area contributed by atoms with Gasteiger partial charge >= 0.3 is 0 Å². The first-order valence-electron chi connectivity index (χ1n) is 14.6. The molecule has 0 aliphatic carbocycles. The van der Waals surface area contributed by atoms with E-state index in [2.05, 4.69) is 36.9 Å². The number of aliphatic hydroxyl groups is 1. The summed E-state index contributed by atoms with van der Waals surface area (Å²) in [5, 5.41) is 22.3. The van der Waals surface area contributed by atoms with Gasteiger partial charge in [-0.15, -0.1) is 0 Å². The van der Waals surface area contributed by atoms with Gasteiger partial charge in [-0.05, 0) is 54.7 Å². The Morgan fingerprint density at radius 2 is 1.86 bits per heavy atom. The van der Waals surface area contributed by atoms with Crippen LogP contribution in [0.4, 0.5) is 17.5 Å². The summed E-state index contributed by atoms with van der Waals surface area (Å²) in [6, 6.07) is 12.3.